The van der Waals surface area contributed by atoms with Gasteiger partial charge in [-0.05, 0) is 42.0 Å². The number of ether oxygens (including phenoxy) is 1. The summed E-state index contributed by atoms with van der Waals surface area (Å²) in [6.45, 7) is 0. The maximum Gasteiger partial charge on any atom is 0.255 e. The predicted molar refractivity (Wildman–Crippen MR) is 102 cm³/mol. The van der Waals surface area contributed by atoms with Crippen molar-refractivity contribution in [3.8, 4) is 17.0 Å². The van der Waals surface area contributed by atoms with Crippen LogP contribution in [0.2, 0.25) is 5.02 Å². The van der Waals surface area contributed by atoms with Crippen LogP contribution in [0.25, 0.3) is 11.1 Å². The summed E-state index contributed by atoms with van der Waals surface area (Å²) in [5, 5.41) is 21.3. The van der Waals surface area contributed by atoms with E-state index in [0.29, 0.717) is 27.7 Å². The molecule has 0 spiro atoms. The monoisotopic (exact) mass is 385 g/mol. The van der Waals surface area contributed by atoms with Gasteiger partial charge < -0.3 is 10.1 Å². The Bertz CT molecular complexity index is 944. The summed E-state index contributed by atoms with van der Waals surface area (Å²) < 4.78 is 4.99. The van der Waals surface area contributed by atoms with Crippen molar-refractivity contribution in [3.05, 3.63) is 71.4 Å². The average Bonchev–Trinajstić information content (AvgIpc) is 2.69. The summed E-state index contributed by atoms with van der Waals surface area (Å²) >= 11 is 6.27. The maximum atomic E-state index is 12.5. The highest BCUT2D eigenvalue weighted by Crippen LogP contribution is 2.30. The van der Waals surface area contributed by atoms with Crippen LogP contribution >= 0.6 is 11.6 Å². The lowest BCUT2D eigenvalue weighted by atomic mass is 10.0. The highest BCUT2D eigenvalue weighted by Gasteiger charge is 2.12. The number of nitrogens with zero attached hydrogens (tertiary/aromatic N) is 2. The first kappa shape index (κ1) is 18.7. The summed E-state index contributed by atoms with van der Waals surface area (Å²) in [5.41, 5.74) is 2.53. The number of methoxy groups -OCH3 is 1. The van der Waals surface area contributed by atoms with E-state index in [4.69, 9.17) is 26.8 Å². The largest absolute Gasteiger partial charge is 0.481 e. The van der Waals surface area contributed by atoms with E-state index in [0.717, 1.165) is 5.56 Å². The number of carbonyl (C=O) groups is 1. The first-order chi connectivity index (χ1) is 13.0. The Morgan fingerprint density at radius 3 is 2.44 bits per heavy atom. The molecule has 3 aromatic rings. The van der Waals surface area contributed by atoms with Crippen molar-refractivity contribution in [2.24, 2.45) is 0 Å². The number of pyridine rings is 1. The molecule has 7 nitrogen and oxygen atoms in total. The summed E-state index contributed by atoms with van der Waals surface area (Å²) in [7, 11) is 1.51. The van der Waals surface area contributed by atoms with Crippen LogP contribution < -0.4 is 15.3 Å². The highest BCUT2D eigenvalue weighted by atomic mass is 35.5. The minimum atomic E-state index is -0.312. The molecule has 27 heavy (non-hydrogen) atoms. The number of hydrogen-bond acceptors (Lipinski definition) is 6. The molecule has 1 aromatic heterocycles. The van der Waals surface area contributed by atoms with Gasteiger partial charge in [-0.3, -0.25) is 15.2 Å². The first-order valence-electron chi connectivity index (χ1n) is 7.87. The fourth-order valence-electron chi connectivity index (χ4n) is 2.44. The summed E-state index contributed by atoms with van der Waals surface area (Å²) in [5.74, 6) is 0.142. The smallest absolute Gasteiger partial charge is 0.255 e. The third-order valence-electron chi connectivity index (χ3n) is 3.84. The van der Waals surface area contributed by atoms with Gasteiger partial charge in [-0.2, -0.15) is 0 Å². The van der Waals surface area contributed by atoms with Crippen LogP contribution in [-0.2, 0) is 0 Å². The quantitative estimate of drug-likeness (QED) is 0.568. The van der Waals surface area contributed by atoms with Gasteiger partial charge in [-0.25, -0.2) is 4.98 Å². The second-order valence-corrected chi connectivity index (χ2v) is 5.98. The number of carbonyl (C=O) groups excluding carboxylic acids is 1. The number of hydrogen-bond donors (Lipinski definition) is 3. The van der Waals surface area contributed by atoms with Crippen LogP contribution in [0.15, 0.2) is 60.8 Å². The zero-order valence-electron chi connectivity index (χ0n) is 14.3. The Kier molecular flexibility index (Phi) is 5.56. The molecule has 3 rings (SSSR count). The van der Waals surface area contributed by atoms with Crippen molar-refractivity contribution >= 4 is 28.9 Å². The minimum absolute atomic E-state index is 0.0259. The van der Waals surface area contributed by atoms with E-state index in [9.17, 15) is 4.79 Å². The number of anilines is 2. The van der Waals surface area contributed by atoms with Gasteiger partial charge in [0.15, 0.2) is 0 Å². The van der Waals surface area contributed by atoms with Crippen LogP contribution in [0.4, 0.5) is 11.4 Å². The van der Waals surface area contributed by atoms with Gasteiger partial charge in [0.1, 0.15) is 0 Å². The fourth-order valence-corrected chi connectivity index (χ4v) is 2.67. The number of rotatable bonds is 5. The number of amides is 1. The van der Waals surface area contributed by atoms with Gasteiger partial charge in [0.05, 0.1) is 24.7 Å². The lowest BCUT2D eigenvalue weighted by molar-refractivity contribution is 0.0291. The lowest BCUT2D eigenvalue weighted by Crippen LogP contribution is -2.12. The average molecular weight is 386 g/mol. The lowest BCUT2D eigenvalue weighted by Gasteiger charge is -2.11. The third-order valence-corrected chi connectivity index (χ3v) is 4.17. The number of nitrogens with one attached hydrogen (secondary N) is 1. The highest BCUT2D eigenvalue weighted by molar-refractivity contribution is 6.33. The molecular formula is C19H16ClN3O4. The number of halogens is 1. The maximum absolute atomic E-state index is 12.5. The van der Waals surface area contributed by atoms with Crippen LogP contribution in [-0.4, -0.2) is 28.4 Å². The van der Waals surface area contributed by atoms with E-state index >= 15 is 0 Å². The van der Waals surface area contributed by atoms with Crippen molar-refractivity contribution in [1.29, 1.82) is 0 Å². The SMILES string of the molecule is COc1ccc(NC(=O)c2ccc(Cl)c(-c3ccc(N(O)O)cc3)c2)cn1. The molecule has 0 aliphatic heterocycles. The molecule has 138 valence electrons. The second-order valence-electron chi connectivity index (χ2n) is 5.57. The fraction of sp³-hybridized carbons (Fsp3) is 0.0526. The summed E-state index contributed by atoms with van der Waals surface area (Å²) in [6.07, 6.45) is 1.50. The van der Waals surface area contributed by atoms with Gasteiger partial charge in [0.2, 0.25) is 5.88 Å². The van der Waals surface area contributed by atoms with Gasteiger partial charge in [0.25, 0.3) is 5.91 Å². The van der Waals surface area contributed by atoms with E-state index < -0.39 is 0 Å². The molecule has 0 aliphatic rings. The zero-order chi connectivity index (χ0) is 19.4. The summed E-state index contributed by atoms with van der Waals surface area (Å²) in [4.78, 5) is 16.6. The Morgan fingerprint density at radius 1 is 1.11 bits per heavy atom. The molecule has 0 saturated heterocycles. The van der Waals surface area contributed by atoms with E-state index in [1.54, 1.807) is 42.5 Å². The van der Waals surface area contributed by atoms with E-state index in [1.165, 1.54) is 25.4 Å². The van der Waals surface area contributed by atoms with Gasteiger partial charge in [0, 0.05) is 22.2 Å². The Balaban J connectivity index is 1.84. The number of benzene rings is 2. The second kappa shape index (κ2) is 8.05. The van der Waals surface area contributed by atoms with E-state index in [-0.39, 0.29) is 16.8 Å². The topological polar surface area (TPSA) is 94.9 Å². The molecule has 0 radical (unpaired) electrons. The molecule has 0 saturated carbocycles. The molecule has 0 unspecified atom stereocenters. The van der Waals surface area contributed by atoms with Crippen LogP contribution in [0.5, 0.6) is 5.88 Å². The van der Waals surface area contributed by atoms with Crippen LogP contribution in [0, 0.1) is 0 Å². The zero-order valence-corrected chi connectivity index (χ0v) is 15.0. The van der Waals surface area contributed by atoms with Gasteiger partial charge in [-0.1, -0.05) is 23.7 Å². The van der Waals surface area contributed by atoms with Crippen molar-refractivity contribution in [3.63, 3.8) is 0 Å². The van der Waals surface area contributed by atoms with Gasteiger partial charge in [-0.15, -0.1) is 5.23 Å². The number of aromatic nitrogens is 1. The molecule has 8 heteroatoms. The molecule has 1 heterocycles. The van der Waals surface area contributed by atoms with E-state index in [2.05, 4.69) is 10.3 Å². The molecule has 0 bridgehead atoms. The predicted octanol–water partition coefficient (Wildman–Crippen LogP) is 4.25. The van der Waals surface area contributed by atoms with Crippen molar-refractivity contribution < 1.29 is 19.9 Å². The molecule has 1 amide bonds. The minimum Gasteiger partial charge on any atom is -0.481 e. The Labute approximate surface area is 160 Å². The first-order valence-corrected chi connectivity index (χ1v) is 8.25. The third kappa shape index (κ3) is 4.35. The van der Waals surface area contributed by atoms with Crippen LogP contribution in [0.3, 0.4) is 0 Å². The Morgan fingerprint density at radius 2 is 1.85 bits per heavy atom. The van der Waals surface area contributed by atoms with Crippen molar-refractivity contribution in [2.75, 3.05) is 17.7 Å². The molecule has 0 aliphatic carbocycles. The van der Waals surface area contributed by atoms with Crippen LogP contribution in [0.1, 0.15) is 10.4 Å². The van der Waals surface area contributed by atoms with Gasteiger partial charge >= 0.3 is 0 Å². The van der Waals surface area contributed by atoms with E-state index in [1.807, 2.05) is 0 Å². The molecule has 0 atom stereocenters. The molecule has 2 aromatic carbocycles. The van der Waals surface area contributed by atoms with Crippen molar-refractivity contribution in [1.82, 2.24) is 4.98 Å². The molecule has 0 fully saturated rings. The Hall–Kier alpha value is -3.13. The molecule has 3 N–H and O–H groups in total. The summed E-state index contributed by atoms with van der Waals surface area (Å²) in [6, 6.07) is 14.6. The molecular weight excluding hydrogens is 370 g/mol. The van der Waals surface area contributed by atoms with Crippen molar-refractivity contribution in [2.45, 2.75) is 0 Å². The normalized spacial score (nSPS) is 10.4. The standard InChI is InChI=1S/C19H16ClN3O4/c1-27-18-9-5-14(11-21-18)22-19(24)13-4-8-17(20)16(10-13)12-2-6-15(7-3-12)23(25)26/h2-11,25-26H,1H3,(H,22,24).